The van der Waals surface area contributed by atoms with Gasteiger partial charge in [-0.25, -0.2) is 9.97 Å². The van der Waals surface area contributed by atoms with E-state index in [-0.39, 0.29) is 32.6 Å². The lowest BCUT2D eigenvalue weighted by molar-refractivity contribution is -0.254. The lowest BCUT2D eigenvalue weighted by atomic mass is 10.0. The minimum atomic E-state index is -5.30. The summed E-state index contributed by atoms with van der Waals surface area (Å²) in [5, 5.41) is 16.0. The van der Waals surface area contributed by atoms with Gasteiger partial charge >= 0.3 is 12.4 Å². The molecule has 1 unspecified atom stereocenters. The fourth-order valence-corrected chi connectivity index (χ4v) is 3.92. The predicted octanol–water partition coefficient (Wildman–Crippen LogP) is 5.10. The molecule has 0 amide bonds. The summed E-state index contributed by atoms with van der Waals surface area (Å²) < 4.78 is 87.6. The highest BCUT2D eigenvalue weighted by molar-refractivity contribution is 7.13. The summed E-state index contributed by atoms with van der Waals surface area (Å²) in [7, 11) is 1.30. The van der Waals surface area contributed by atoms with Crippen molar-refractivity contribution in [3.8, 4) is 16.3 Å². The van der Waals surface area contributed by atoms with Gasteiger partial charge in [0.15, 0.2) is 5.69 Å². The zero-order chi connectivity index (χ0) is 24.0. The molecule has 1 atom stereocenters. The summed E-state index contributed by atoms with van der Waals surface area (Å²) in [4.78, 5) is 7.42. The number of nitrogens with zero attached hydrogens (tertiary/aromatic N) is 4. The number of benzene rings is 1. The number of thiophene rings is 1. The highest BCUT2D eigenvalue weighted by atomic mass is 32.1. The number of methoxy groups -OCH3 is 1. The second kappa shape index (κ2) is 7.99. The number of anilines is 1. The highest BCUT2D eigenvalue weighted by Gasteiger charge is 2.63. The van der Waals surface area contributed by atoms with E-state index in [1.54, 1.807) is 17.5 Å². The van der Waals surface area contributed by atoms with Gasteiger partial charge in [-0.3, -0.25) is 0 Å². The van der Waals surface area contributed by atoms with Gasteiger partial charge in [0, 0.05) is 5.56 Å². The van der Waals surface area contributed by atoms with Crippen molar-refractivity contribution in [3.05, 3.63) is 59.1 Å². The van der Waals surface area contributed by atoms with Crippen LogP contribution >= 0.6 is 11.3 Å². The molecule has 0 saturated heterocycles. The van der Waals surface area contributed by atoms with Crippen LogP contribution in [-0.4, -0.2) is 39.8 Å². The third-order valence-electron chi connectivity index (χ3n) is 4.82. The Morgan fingerprint density at radius 2 is 1.79 bits per heavy atom. The molecule has 3 aromatic rings. The Labute approximate surface area is 186 Å². The highest BCUT2D eigenvalue weighted by Crippen LogP contribution is 2.44. The standard InChI is InChI=1S/C20H14F6N4O2S/c1-32-14-6-3-2-5-11(14)13-10-18(31,20(24,25)26)30(29-13)17-27-12(15-7-4-8-33-15)9-16(28-17)19(21,22)23/h2-9,31H,10H2,1H3. The van der Waals surface area contributed by atoms with Crippen molar-refractivity contribution in [2.24, 2.45) is 5.10 Å². The molecule has 0 spiro atoms. The number of rotatable bonds is 4. The summed E-state index contributed by atoms with van der Waals surface area (Å²) in [6.07, 6.45) is -11.4. The maximum atomic E-state index is 14.0. The number of hydrogen-bond donors (Lipinski definition) is 1. The molecule has 3 heterocycles. The first kappa shape index (κ1) is 23.0. The number of aliphatic hydroxyl groups is 1. The van der Waals surface area contributed by atoms with Gasteiger partial charge in [-0.05, 0) is 29.6 Å². The van der Waals surface area contributed by atoms with Gasteiger partial charge in [0.05, 0.1) is 29.8 Å². The van der Waals surface area contributed by atoms with Crippen LogP contribution in [0.3, 0.4) is 0 Å². The molecular formula is C20H14F6N4O2S. The van der Waals surface area contributed by atoms with Crippen molar-refractivity contribution in [2.75, 3.05) is 12.1 Å². The summed E-state index contributed by atoms with van der Waals surface area (Å²) in [6, 6.07) is 9.63. The van der Waals surface area contributed by atoms with Gasteiger partial charge in [0.25, 0.3) is 5.72 Å². The second-order valence-corrected chi connectivity index (χ2v) is 7.91. The summed E-state index contributed by atoms with van der Waals surface area (Å²) >= 11 is 1.04. The zero-order valence-electron chi connectivity index (χ0n) is 16.6. The van der Waals surface area contributed by atoms with Crippen molar-refractivity contribution < 1.29 is 36.2 Å². The Morgan fingerprint density at radius 1 is 1.06 bits per heavy atom. The number of hydrogen-bond acceptors (Lipinski definition) is 7. The quantitative estimate of drug-likeness (QED) is 0.518. The maximum absolute atomic E-state index is 14.0. The van der Waals surface area contributed by atoms with E-state index >= 15 is 0 Å². The van der Waals surface area contributed by atoms with E-state index in [4.69, 9.17) is 4.74 Å². The molecule has 1 aromatic carbocycles. The Hall–Kier alpha value is -3.19. The normalized spacial score (nSPS) is 19.0. The Morgan fingerprint density at radius 3 is 2.39 bits per heavy atom. The maximum Gasteiger partial charge on any atom is 0.438 e. The first-order valence-corrected chi connectivity index (χ1v) is 10.1. The molecule has 0 radical (unpaired) electrons. The molecule has 1 aliphatic rings. The third-order valence-corrected chi connectivity index (χ3v) is 5.72. The van der Waals surface area contributed by atoms with Crippen LogP contribution < -0.4 is 9.75 Å². The lowest BCUT2D eigenvalue weighted by Gasteiger charge is -2.32. The van der Waals surface area contributed by atoms with E-state index in [1.807, 2.05) is 0 Å². The van der Waals surface area contributed by atoms with Crippen LogP contribution in [0.4, 0.5) is 32.3 Å². The van der Waals surface area contributed by atoms with E-state index in [9.17, 15) is 31.4 Å². The predicted molar refractivity (Wildman–Crippen MR) is 108 cm³/mol. The molecule has 0 saturated carbocycles. The summed E-state index contributed by atoms with van der Waals surface area (Å²) in [5.74, 6) is -0.871. The van der Waals surface area contributed by atoms with Crippen LogP contribution in [0.1, 0.15) is 17.7 Å². The fraction of sp³-hybridized carbons (Fsp3) is 0.250. The molecule has 174 valence electrons. The number of para-hydroxylation sites is 1. The van der Waals surface area contributed by atoms with Crippen LogP contribution in [0.2, 0.25) is 0 Å². The van der Waals surface area contributed by atoms with Crippen molar-refractivity contribution in [1.29, 1.82) is 0 Å². The van der Waals surface area contributed by atoms with Gasteiger partial charge in [-0.1, -0.05) is 18.2 Å². The first-order chi connectivity index (χ1) is 15.4. The van der Waals surface area contributed by atoms with Gasteiger partial charge in [0.2, 0.25) is 5.95 Å². The topological polar surface area (TPSA) is 70.8 Å². The summed E-state index contributed by atoms with van der Waals surface area (Å²) in [6.45, 7) is 0. The molecule has 2 aromatic heterocycles. The van der Waals surface area contributed by atoms with Crippen LogP contribution in [0.5, 0.6) is 5.75 Å². The molecule has 1 N–H and O–H groups in total. The van der Waals surface area contributed by atoms with Crippen molar-refractivity contribution >= 4 is 23.0 Å². The number of hydrazone groups is 1. The third kappa shape index (κ3) is 4.13. The number of alkyl halides is 6. The molecule has 1 aliphatic heterocycles. The average Bonchev–Trinajstić information content (AvgIpc) is 3.41. The molecule has 6 nitrogen and oxygen atoms in total. The molecule has 0 bridgehead atoms. The number of halogens is 6. The van der Waals surface area contributed by atoms with Gasteiger partial charge < -0.3 is 9.84 Å². The average molecular weight is 488 g/mol. The van der Waals surface area contributed by atoms with E-state index in [0.717, 1.165) is 11.3 Å². The second-order valence-electron chi connectivity index (χ2n) is 6.96. The fourth-order valence-electron chi connectivity index (χ4n) is 3.23. The Balaban J connectivity index is 1.92. The van der Waals surface area contributed by atoms with Gasteiger partial charge in [-0.2, -0.15) is 36.5 Å². The monoisotopic (exact) mass is 488 g/mol. The van der Waals surface area contributed by atoms with E-state index in [2.05, 4.69) is 15.1 Å². The van der Waals surface area contributed by atoms with Crippen LogP contribution in [0, 0.1) is 0 Å². The smallest absolute Gasteiger partial charge is 0.438 e. The Bertz CT molecular complexity index is 1200. The van der Waals surface area contributed by atoms with Crippen molar-refractivity contribution in [2.45, 2.75) is 24.5 Å². The van der Waals surface area contributed by atoms with Gasteiger partial charge in [-0.15, -0.1) is 11.3 Å². The zero-order valence-corrected chi connectivity index (χ0v) is 17.5. The molecule has 0 fully saturated rings. The molecule has 0 aliphatic carbocycles. The molecular weight excluding hydrogens is 474 g/mol. The van der Waals surface area contributed by atoms with E-state index < -0.39 is 36.1 Å². The van der Waals surface area contributed by atoms with E-state index in [1.165, 1.54) is 31.4 Å². The number of aromatic nitrogens is 2. The van der Waals surface area contributed by atoms with Crippen molar-refractivity contribution in [3.63, 3.8) is 0 Å². The van der Waals surface area contributed by atoms with E-state index in [0.29, 0.717) is 6.07 Å². The molecule has 13 heteroatoms. The minimum absolute atomic E-state index is 0.0128. The van der Waals surface area contributed by atoms with Crippen molar-refractivity contribution in [1.82, 2.24) is 9.97 Å². The Kier molecular flexibility index (Phi) is 5.56. The number of ether oxygens (including phenoxy) is 1. The van der Waals surface area contributed by atoms with Crippen LogP contribution in [0.15, 0.2) is 52.9 Å². The molecule has 33 heavy (non-hydrogen) atoms. The van der Waals surface area contributed by atoms with Crippen LogP contribution in [-0.2, 0) is 6.18 Å². The largest absolute Gasteiger partial charge is 0.496 e. The SMILES string of the molecule is COc1ccccc1C1=NN(c2nc(-c3cccs3)cc(C(F)(F)F)n2)C(O)(C(F)(F)F)C1. The first-order valence-electron chi connectivity index (χ1n) is 9.24. The lowest BCUT2D eigenvalue weighted by Crippen LogP contribution is -2.55. The minimum Gasteiger partial charge on any atom is -0.496 e. The van der Waals surface area contributed by atoms with Crippen LogP contribution in [0.25, 0.3) is 10.6 Å². The summed E-state index contributed by atoms with van der Waals surface area (Å²) in [5.41, 5.74) is -5.53. The molecule has 4 rings (SSSR count). The van der Waals surface area contributed by atoms with Gasteiger partial charge in [0.1, 0.15) is 5.75 Å².